The first kappa shape index (κ1) is 16.3. The van der Waals surface area contributed by atoms with Gasteiger partial charge in [0, 0.05) is 10.9 Å². The zero-order valence-electron chi connectivity index (χ0n) is 12.4. The SMILES string of the molecule is O=C(Nc1ccc(Br)cc1F)[C@@H](Cc1ccccc1)n1cnnn1. The molecule has 0 saturated carbocycles. The van der Waals surface area contributed by atoms with Crippen LogP contribution in [0.15, 0.2) is 59.3 Å². The molecular weight excluding hydrogens is 377 g/mol. The molecule has 0 aliphatic rings. The Hall–Kier alpha value is -2.61. The molecule has 3 aromatic rings. The molecule has 1 amide bonds. The van der Waals surface area contributed by atoms with E-state index in [-0.39, 0.29) is 5.69 Å². The van der Waals surface area contributed by atoms with Crippen LogP contribution in [-0.2, 0) is 11.2 Å². The van der Waals surface area contributed by atoms with Crippen molar-refractivity contribution in [2.24, 2.45) is 0 Å². The average molecular weight is 390 g/mol. The highest BCUT2D eigenvalue weighted by atomic mass is 79.9. The summed E-state index contributed by atoms with van der Waals surface area (Å²) in [7, 11) is 0. The van der Waals surface area contributed by atoms with Crippen LogP contribution >= 0.6 is 15.9 Å². The molecule has 6 nitrogen and oxygen atoms in total. The highest BCUT2D eigenvalue weighted by molar-refractivity contribution is 9.10. The van der Waals surface area contributed by atoms with Crippen LogP contribution in [0.1, 0.15) is 11.6 Å². The van der Waals surface area contributed by atoms with Crippen molar-refractivity contribution in [1.82, 2.24) is 20.2 Å². The summed E-state index contributed by atoms with van der Waals surface area (Å²) in [5, 5.41) is 13.6. The van der Waals surface area contributed by atoms with Crippen LogP contribution in [0.5, 0.6) is 0 Å². The van der Waals surface area contributed by atoms with E-state index in [4.69, 9.17) is 0 Å². The van der Waals surface area contributed by atoms with Crippen LogP contribution < -0.4 is 5.32 Å². The molecule has 3 rings (SSSR count). The Labute approximate surface area is 145 Å². The standard InChI is InChI=1S/C16H13BrFN5O/c17-12-6-7-14(13(18)9-12)20-16(24)15(23-10-19-21-22-23)8-11-4-2-1-3-5-11/h1-7,9-10,15H,8H2,(H,20,24)/t15-/m1/s1. The Morgan fingerprint density at radius 3 is 2.71 bits per heavy atom. The number of amides is 1. The number of carbonyl (C=O) groups is 1. The minimum Gasteiger partial charge on any atom is -0.322 e. The molecule has 1 aromatic heterocycles. The van der Waals surface area contributed by atoms with Crippen molar-refractivity contribution in [3.63, 3.8) is 0 Å². The lowest BCUT2D eigenvalue weighted by Gasteiger charge is -2.16. The van der Waals surface area contributed by atoms with Crippen molar-refractivity contribution >= 4 is 27.5 Å². The van der Waals surface area contributed by atoms with Crippen molar-refractivity contribution in [2.75, 3.05) is 5.32 Å². The van der Waals surface area contributed by atoms with Gasteiger partial charge in [-0.05, 0) is 34.2 Å². The maximum absolute atomic E-state index is 14.0. The third kappa shape index (κ3) is 3.83. The normalized spacial score (nSPS) is 11.9. The van der Waals surface area contributed by atoms with Gasteiger partial charge in [0.25, 0.3) is 0 Å². The molecule has 0 fully saturated rings. The molecule has 0 aliphatic heterocycles. The molecule has 2 aromatic carbocycles. The van der Waals surface area contributed by atoms with E-state index in [1.54, 1.807) is 6.07 Å². The quantitative estimate of drug-likeness (QED) is 0.727. The number of benzene rings is 2. The maximum Gasteiger partial charge on any atom is 0.249 e. The smallest absolute Gasteiger partial charge is 0.249 e. The highest BCUT2D eigenvalue weighted by Crippen LogP contribution is 2.21. The summed E-state index contributed by atoms with van der Waals surface area (Å²) in [5.41, 5.74) is 1.05. The Kier molecular flexibility index (Phi) is 4.95. The van der Waals surface area contributed by atoms with E-state index in [0.29, 0.717) is 10.9 Å². The van der Waals surface area contributed by atoms with E-state index in [9.17, 15) is 9.18 Å². The Morgan fingerprint density at radius 1 is 1.25 bits per heavy atom. The zero-order chi connectivity index (χ0) is 16.9. The first-order chi connectivity index (χ1) is 11.6. The summed E-state index contributed by atoms with van der Waals surface area (Å²) in [5.74, 6) is -0.916. The number of nitrogens with zero attached hydrogens (tertiary/aromatic N) is 4. The topological polar surface area (TPSA) is 72.7 Å². The van der Waals surface area contributed by atoms with Crippen LogP contribution in [0.3, 0.4) is 0 Å². The van der Waals surface area contributed by atoms with Crippen molar-refractivity contribution in [3.8, 4) is 0 Å². The number of halogens is 2. The van der Waals surface area contributed by atoms with Gasteiger partial charge in [0.2, 0.25) is 5.91 Å². The largest absolute Gasteiger partial charge is 0.322 e. The summed E-state index contributed by atoms with van der Waals surface area (Å²) < 4.78 is 15.9. The molecule has 0 saturated heterocycles. The fourth-order valence-corrected chi connectivity index (χ4v) is 2.59. The van der Waals surface area contributed by atoms with Crippen LogP contribution in [0, 0.1) is 5.82 Å². The van der Waals surface area contributed by atoms with Gasteiger partial charge in [-0.25, -0.2) is 9.07 Å². The lowest BCUT2D eigenvalue weighted by Crippen LogP contribution is -2.28. The van der Waals surface area contributed by atoms with Crippen molar-refractivity contribution < 1.29 is 9.18 Å². The molecule has 1 N–H and O–H groups in total. The van der Waals surface area contributed by atoms with Crippen molar-refractivity contribution in [1.29, 1.82) is 0 Å². The maximum atomic E-state index is 14.0. The van der Waals surface area contributed by atoms with Gasteiger partial charge in [0.15, 0.2) is 0 Å². The van der Waals surface area contributed by atoms with Gasteiger partial charge in [-0.15, -0.1) is 5.10 Å². The molecule has 0 aliphatic carbocycles. The average Bonchev–Trinajstić information content (AvgIpc) is 3.10. The number of anilines is 1. The Bertz CT molecular complexity index is 826. The second-order valence-electron chi connectivity index (χ2n) is 5.11. The van der Waals surface area contributed by atoms with Gasteiger partial charge in [-0.3, -0.25) is 4.79 Å². The van der Waals surface area contributed by atoms with Crippen LogP contribution in [0.25, 0.3) is 0 Å². The Balaban J connectivity index is 1.83. The van der Waals surface area contributed by atoms with Crippen LogP contribution in [-0.4, -0.2) is 26.1 Å². The molecule has 1 heterocycles. The summed E-state index contributed by atoms with van der Waals surface area (Å²) in [6.07, 6.45) is 1.75. The van der Waals surface area contributed by atoms with Crippen LogP contribution in [0.2, 0.25) is 0 Å². The van der Waals surface area contributed by atoms with Gasteiger partial charge < -0.3 is 5.32 Å². The summed E-state index contributed by atoms with van der Waals surface area (Å²) >= 11 is 3.18. The molecule has 0 unspecified atom stereocenters. The van der Waals surface area contributed by atoms with E-state index >= 15 is 0 Å². The third-order valence-electron chi connectivity index (χ3n) is 3.45. The minimum absolute atomic E-state index is 0.106. The van der Waals surface area contributed by atoms with Gasteiger partial charge in [-0.2, -0.15) is 0 Å². The van der Waals surface area contributed by atoms with Crippen molar-refractivity contribution in [2.45, 2.75) is 12.5 Å². The van der Waals surface area contributed by atoms with Crippen molar-refractivity contribution in [3.05, 3.63) is 70.7 Å². The molecular formula is C16H13BrFN5O. The summed E-state index contributed by atoms with van der Waals surface area (Å²) in [6.45, 7) is 0. The van der Waals surface area contributed by atoms with Gasteiger partial charge in [0.1, 0.15) is 18.2 Å². The van der Waals surface area contributed by atoms with Crippen LogP contribution in [0.4, 0.5) is 10.1 Å². The number of hydrogen-bond donors (Lipinski definition) is 1. The number of carbonyl (C=O) groups excluding carboxylic acids is 1. The minimum atomic E-state index is -0.689. The number of tetrazole rings is 1. The number of rotatable bonds is 5. The van der Waals surface area contributed by atoms with E-state index in [1.165, 1.54) is 23.1 Å². The summed E-state index contributed by atoms with van der Waals surface area (Å²) in [4.78, 5) is 12.6. The molecule has 1 atom stereocenters. The number of hydrogen-bond acceptors (Lipinski definition) is 4. The first-order valence-corrected chi connectivity index (χ1v) is 7.95. The predicted octanol–water partition coefficient (Wildman–Crippen LogP) is 3.00. The predicted molar refractivity (Wildman–Crippen MR) is 89.7 cm³/mol. The molecule has 0 spiro atoms. The number of nitrogens with one attached hydrogen (secondary N) is 1. The second-order valence-corrected chi connectivity index (χ2v) is 6.02. The second kappa shape index (κ2) is 7.31. The third-order valence-corrected chi connectivity index (χ3v) is 3.94. The van der Waals surface area contributed by atoms with E-state index < -0.39 is 17.8 Å². The van der Waals surface area contributed by atoms with Gasteiger partial charge >= 0.3 is 0 Å². The van der Waals surface area contributed by atoms with Gasteiger partial charge in [0.05, 0.1) is 5.69 Å². The monoisotopic (exact) mass is 389 g/mol. The highest BCUT2D eigenvalue weighted by Gasteiger charge is 2.23. The Morgan fingerprint density at radius 2 is 2.04 bits per heavy atom. The fourth-order valence-electron chi connectivity index (χ4n) is 2.26. The lowest BCUT2D eigenvalue weighted by molar-refractivity contribution is -0.119. The van der Waals surface area contributed by atoms with E-state index in [1.807, 2.05) is 30.3 Å². The van der Waals surface area contributed by atoms with Gasteiger partial charge in [-0.1, -0.05) is 46.3 Å². The van der Waals surface area contributed by atoms with E-state index in [2.05, 4.69) is 36.8 Å². The fraction of sp³-hybridized carbons (Fsp3) is 0.125. The lowest BCUT2D eigenvalue weighted by atomic mass is 10.1. The molecule has 24 heavy (non-hydrogen) atoms. The molecule has 0 bridgehead atoms. The summed E-state index contributed by atoms with van der Waals surface area (Å²) in [6, 6.07) is 13.2. The molecule has 0 radical (unpaired) electrons. The van der Waals surface area contributed by atoms with E-state index in [0.717, 1.165) is 5.56 Å². The first-order valence-electron chi connectivity index (χ1n) is 7.16. The molecule has 8 heteroatoms. The zero-order valence-corrected chi connectivity index (χ0v) is 14.0. The molecule has 122 valence electrons. The number of aromatic nitrogens is 4.